The molecule has 0 saturated heterocycles. The third-order valence-electron chi connectivity index (χ3n) is 11.1. The van der Waals surface area contributed by atoms with Crippen molar-refractivity contribution < 1.29 is 8.83 Å². The quantitative estimate of drug-likeness (QED) is 0.176. The summed E-state index contributed by atoms with van der Waals surface area (Å²) in [7, 11) is 0. The van der Waals surface area contributed by atoms with E-state index < -0.39 is 0 Å². The van der Waals surface area contributed by atoms with Crippen LogP contribution in [-0.2, 0) is 0 Å². The average molecular weight is 731 g/mol. The van der Waals surface area contributed by atoms with Gasteiger partial charge < -0.3 is 8.83 Å². The summed E-state index contributed by atoms with van der Waals surface area (Å²) in [6.07, 6.45) is 0. The molecule has 8 aromatic carbocycles. The lowest BCUT2D eigenvalue weighted by molar-refractivity contribution is 0.668. The highest BCUT2D eigenvalue weighted by atomic mass is 16.3. The zero-order valence-electron chi connectivity index (χ0n) is 30.4. The molecule has 12 rings (SSSR count). The molecule has 0 saturated carbocycles. The lowest BCUT2D eigenvalue weighted by Crippen LogP contribution is -2.06. The van der Waals surface area contributed by atoms with Gasteiger partial charge in [-0.3, -0.25) is 4.57 Å². The van der Waals surface area contributed by atoms with Crippen LogP contribution in [0.4, 0.5) is 0 Å². The monoisotopic (exact) mass is 730 g/mol. The minimum absolute atomic E-state index is 0.576. The second-order valence-electron chi connectivity index (χ2n) is 14.4. The summed E-state index contributed by atoms with van der Waals surface area (Å²) < 4.78 is 14.9. The van der Waals surface area contributed by atoms with Crippen LogP contribution in [-0.4, -0.2) is 19.5 Å². The number of para-hydroxylation sites is 3. The third-order valence-corrected chi connectivity index (χ3v) is 11.1. The highest BCUT2D eigenvalue weighted by Gasteiger charge is 2.19. The predicted molar refractivity (Wildman–Crippen MR) is 230 cm³/mol. The van der Waals surface area contributed by atoms with Crippen molar-refractivity contribution in [1.82, 2.24) is 19.5 Å². The van der Waals surface area contributed by atoms with Gasteiger partial charge in [0.2, 0.25) is 5.95 Å². The SMILES string of the molecule is c1ccc(-c2nc(-c3ccc(-c4cccc5oc6cc(-c7ccc8c(c7)oc7ccccc78)ccc6c45)cc3)nc(-n3c4ccccc4c4ccccc43)n2)cc1. The summed E-state index contributed by atoms with van der Waals surface area (Å²) >= 11 is 0. The van der Waals surface area contributed by atoms with Gasteiger partial charge in [-0.15, -0.1) is 0 Å². The van der Waals surface area contributed by atoms with Gasteiger partial charge in [0.25, 0.3) is 0 Å². The molecule has 0 atom stereocenters. The molecule has 4 aromatic heterocycles. The Morgan fingerprint density at radius 3 is 1.56 bits per heavy atom. The zero-order valence-corrected chi connectivity index (χ0v) is 30.4. The van der Waals surface area contributed by atoms with Crippen molar-refractivity contribution >= 4 is 65.7 Å². The lowest BCUT2D eigenvalue weighted by Gasteiger charge is -2.11. The van der Waals surface area contributed by atoms with Gasteiger partial charge in [-0.05, 0) is 70.8 Å². The molecule has 0 amide bonds. The summed E-state index contributed by atoms with van der Waals surface area (Å²) in [4.78, 5) is 15.2. The van der Waals surface area contributed by atoms with Gasteiger partial charge in [0, 0.05) is 43.4 Å². The number of furan rings is 2. The van der Waals surface area contributed by atoms with Gasteiger partial charge in [0.1, 0.15) is 22.3 Å². The van der Waals surface area contributed by atoms with Crippen LogP contribution in [0.15, 0.2) is 191 Å². The van der Waals surface area contributed by atoms with Crippen LogP contribution in [0.3, 0.4) is 0 Å². The van der Waals surface area contributed by atoms with E-state index in [-0.39, 0.29) is 0 Å². The van der Waals surface area contributed by atoms with Crippen molar-refractivity contribution in [2.75, 3.05) is 0 Å². The first-order chi connectivity index (χ1) is 28.2. The second-order valence-corrected chi connectivity index (χ2v) is 14.4. The molecule has 0 aliphatic rings. The lowest BCUT2D eigenvalue weighted by atomic mass is 9.97. The molecule has 4 heterocycles. The Balaban J connectivity index is 0.949. The van der Waals surface area contributed by atoms with Crippen molar-refractivity contribution in [2.45, 2.75) is 0 Å². The molecule has 6 heteroatoms. The van der Waals surface area contributed by atoms with E-state index in [1.807, 2.05) is 54.6 Å². The van der Waals surface area contributed by atoms with E-state index in [0.29, 0.717) is 17.6 Å². The van der Waals surface area contributed by atoms with E-state index >= 15 is 0 Å². The van der Waals surface area contributed by atoms with E-state index in [9.17, 15) is 0 Å². The number of hydrogen-bond donors (Lipinski definition) is 0. The Morgan fingerprint density at radius 2 is 0.842 bits per heavy atom. The standard InChI is InChI=1S/C51H30N4O2/c1-2-11-32(12-3-1)49-52-50(54-51(53-49)55-42-17-7-4-13-37(42)38-14-5-8-18-43(38)55)33-23-21-31(22-24-33)36-16-10-20-45-48(36)41-28-26-35(30-47(41)57-45)34-25-27-40-39-15-6-9-19-44(39)56-46(40)29-34/h1-30H. The van der Waals surface area contributed by atoms with E-state index in [4.69, 9.17) is 23.8 Å². The molecular weight excluding hydrogens is 701 g/mol. The molecule has 12 aromatic rings. The minimum Gasteiger partial charge on any atom is -0.456 e. The number of hydrogen-bond acceptors (Lipinski definition) is 5. The Bertz CT molecular complexity index is 3470. The maximum Gasteiger partial charge on any atom is 0.238 e. The van der Waals surface area contributed by atoms with Crippen molar-refractivity contribution in [3.05, 3.63) is 182 Å². The molecule has 0 radical (unpaired) electrons. The van der Waals surface area contributed by atoms with Crippen LogP contribution in [0.5, 0.6) is 0 Å². The first-order valence-corrected chi connectivity index (χ1v) is 19.0. The topological polar surface area (TPSA) is 69.9 Å². The van der Waals surface area contributed by atoms with Crippen LogP contribution in [0.1, 0.15) is 0 Å². The highest BCUT2D eigenvalue weighted by Crippen LogP contribution is 2.40. The fraction of sp³-hybridized carbons (Fsp3) is 0. The Morgan fingerprint density at radius 1 is 0.333 bits per heavy atom. The van der Waals surface area contributed by atoms with Crippen LogP contribution >= 0.6 is 0 Å². The smallest absolute Gasteiger partial charge is 0.238 e. The Labute approximate surface area is 325 Å². The van der Waals surface area contributed by atoms with Crippen LogP contribution < -0.4 is 0 Å². The average Bonchev–Trinajstić information content (AvgIpc) is 3.95. The summed E-state index contributed by atoms with van der Waals surface area (Å²) in [5.41, 5.74) is 11.7. The van der Waals surface area contributed by atoms with E-state index in [2.05, 4.69) is 132 Å². The molecule has 0 N–H and O–H groups in total. The molecular formula is C51H30N4O2. The van der Waals surface area contributed by atoms with E-state index in [1.54, 1.807) is 0 Å². The first kappa shape index (κ1) is 31.5. The molecule has 0 aliphatic carbocycles. The molecule has 0 unspecified atom stereocenters. The highest BCUT2D eigenvalue weighted by molar-refractivity contribution is 6.13. The summed E-state index contributed by atoms with van der Waals surface area (Å²) in [6.45, 7) is 0. The number of nitrogens with zero attached hydrogens (tertiary/aromatic N) is 4. The largest absolute Gasteiger partial charge is 0.456 e. The van der Waals surface area contributed by atoms with Gasteiger partial charge in [0.15, 0.2) is 11.6 Å². The number of benzene rings is 8. The molecule has 0 bridgehead atoms. The minimum atomic E-state index is 0.576. The molecule has 6 nitrogen and oxygen atoms in total. The van der Waals surface area contributed by atoms with Crippen molar-refractivity contribution in [2.24, 2.45) is 0 Å². The maximum atomic E-state index is 6.52. The summed E-state index contributed by atoms with van der Waals surface area (Å²) in [5.74, 6) is 1.80. The van der Waals surface area contributed by atoms with Crippen LogP contribution in [0, 0.1) is 0 Å². The van der Waals surface area contributed by atoms with Crippen LogP contribution in [0.2, 0.25) is 0 Å². The second kappa shape index (κ2) is 12.3. The van der Waals surface area contributed by atoms with Crippen molar-refractivity contribution in [3.8, 4) is 51.0 Å². The molecule has 266 valence electrons. The van der Waals surface area contributed by atoms with Gasteiger partial charge >= 0.3 is 0 Å². The molecule has 0 spiro atoms. The third kappa shape index (κ3) is 5.01. The Kier molecular flexibility index (Phi) is 6.83. The number of aromatic nitrogens is 4. The fourth-order valence-electron chi connectivity index (χ4n) is 8.40. The van der Waals surface area contributed by atoms with Gasteiger partial charge in [-0.1, -0.05) is 133 Å². The number of fused-ring (bicyclic) bond motifs is 9. The fourth-order valence-corrected chi connectivity index (χ4v) is 8.40. The maximum absolute atomic E-state index is 6.52. The Hall–Kier alpha value is -7.83. The van der Waals surface area contributed by atoms with Crippen LogP contribution in [0.25, 0.3) is 117 Å². The zero-order chi connectivity index (χ0) is 37.5. The van der Waals surface area contributed by atoms with Gasteiger partial charge in [-0.25, -0.2) is 4.98 Å². The predicted octanol–water partition coefficient (Wildman–Crippen LogP) is 13.4. The molecule has 0 aliphatic heterocycles. The summed E-state index contributed by atoms with van der Waals surface area (Å²) in [5, 5.41) is 6.70. The van der Waals surface area contributed by atoms with Gasteiger partial charge in [0.05, 0.1) is 11.0 Å². The van der Waals surface area contributed by atoms with Crippen molar-refractivity contribution in [1.29, 1.82) is 0 Å². The summed E-state index contributed by atoms with van der Waals surface area (Å²) in [6, 6.07) is 62.7. The van der Waals surface area contributed by atoms with E-state index in [1.165, 1.54) is 0 Å². The molecule has 57 heavy (non-hydrogen) atoms. The van der Waals surface area contributed by atoms with Crippen molar-refractivity contribution in [3.63, 3.8) is 0 Å². The number of rotatable bonds is 5. The van der Waals surface area contributed by atoms with Gasteiger partial charge in [-0.2, -0.15) is 9.97 Å². The van der Waals surface area contributed by atoms with E-state index in [0.717, 1.165) is 99.1 Å². The first-order valence-electron chi connectivity index (χ1n) is 19.0. The normalized spacial score (nSPS) is 11.9. The molecule has 0 fully saturated rings.